The summed E-state index contributed by atoms with van der Waals surface area (Å²) in [6, 6.07) is 7.40. The van der Waals surface area contributed by atoms with Crippen molar-refractivity contribution in [2.75, 3.05) is 18.7 Å². The Morgan fingerprint density at radius 2 is 2.00 bits per heavy atom. The highest BCUT2D eigenvalue weighted by Gasteiger charge is 2.36. The van der Waals surface area contributed by atoms with E-state index in [0.29, 0.717) is 5.52 Å². The smallest absolute Gasteiger partial charge is 0.342 e. The molecule has 0 unspecified atom stereocenters. The number of imidazole rings is 1. The lowest BCUT2D eigenvalue weighted by Gasteiger charge is -2.24. The lowest BCUT2D eigenvalue weighted by molar-refractivity contribution is -0.144. The molecule has 3 heterocycles. The van der Waals surface area contributed by atoms with Crippen molar-refractivity contribution in [1.29, 1.82) is 0 Å². The monoisotopic (exact) mass is 574 g/mol. The van der Waals surface area contributed by atoms with Gasteiger partial charge in [-0.2, -0.15) is 27.0 Å². The minimum atomic E-state index is -3.83. The van der Waals surface area contributed by atoms with Crippen LogP contribution < -0.4 is 15.3 Å². The van der Waals surface area contributed by atoms with Crippen molar-refractivity contribution in [1.82, 2.24) is 24.6 Å². The molecule has 0 spiro atoms. The number of carbonyl (C=O) groups excluding carboxylic acids is 1. The maximum Gasteiger partial charge on any atom is 0.342 e. The fourth-order valence-corrected chi connectivity index (χ4v) is 4.98. The molecular formula is C21H28FN6O6PS2. The first kappa shape index (κ1) is 30.5. The third-order valence-electron chi connectivity index (χ3n) is 4.87. The summed E-state index contributed by atoms with van der Waals surface area (Å²) >= 11 is 0. The van der Waals surface area contributed by atoms with Crippen LogP contribution in [0.25, 0.3) is 11.2 Å². The van der Waals surface area contributed by atoms with Gasteiger partial charge in [-0.15, -0.1) is 0 Å². The summed E-state index contributed by atoms with van der Waals surface area (Å²) in [5, 5.41) is 2.65. The Labute approximate surface area is 226 Å². The van der Waals surface area contributed by atoms with Crippen molar-refractivity contribution < 1.29 is 32.5 Å². The number of nitrogens with zero attached hydrogens (tertiary/aromatic N) is 4. The zero-order chi connectivity index (χ0) is 25.0. The van der Waals surface area contributed by atoms with E-state index in [2.05, 4.69) is 20.0 Å². The molecule has 2 aromatic heterocycles. The molecule has 37 heavy (non-hydrogen) atoms. The van der Waals surface area contributed by atoms with Gasteiger partial charge in [0.1, 0.15) is 23.6 Å². The van der Waals surface area contributed by atoms with Crippen LogP contribution >= 0.6 is 34.5 Å². The van der Waals surface area contributed by atoms with Gasteiger partial charge in [-0.1, -0.05) is 18.2 Å². The standard InChI is InChI=1S/C21H24FN6O6P.2H2S/c1-3-31-21(29)13(2)27-35(30,34-14-7-5-4-6-8-14)12-32-16-9-15(22)20(33-16)28-11-26-17-18(23)24-10-25-19(17)28;;/h4-11,13,16,20H,3,12H2,1-2H3,(H,27,30)(H2,23,24,25);2*1H2/t13-,16-,20+,35-;;/m0../s1. The van der Waals surface area contributed by atoms with Gasteiger partial charge in [0, 0.05) is 6.08 Å². The number of nitrogen functional groups attached to an aromatic ring is 1. The number of carbonyl (C=O) groups is 1. The van der Waals surface area contributed by atoms with E-state index in [4.69, 9.17) is 24.5 Å². The van der Waals surface area contributed by atoms with Crippen LogP contribution in [0.15, 0.2) is 54.9 Å². The molecule has 0 amide bonds. The van der Waals surface area contributed by atoms with Crippen LogP contribution in [0.1, 0.15) is 20.1 Å². The molecule has 202 valence electrons. The van der Waals surface area contributed by atoms with E-state index in [9.17, 15) is 13.8 Å². The Kier molecular flexibility index (Phi) is 10.9. The van der Waals surface area contributed by atoms with Crippen molar-refractivity contribution in [2.45, 2.75) is 32.4 Å². The van der Waals surface area contributed by atoms with E-state index in [0.717, 1.165) is 6.08 Å². The Morgan fingerprint density at radius 1 is 1.27 bits per heavy atom. The van der Waals surface area contributed by atoms with Gasteiger partial charge in [-0.05, 0) is 26.0 Å². The number of nitrogens with one attached hydrogen (secondary N) is 1. The Balaban J connectivity index is 0.00000241. The molecule has 0 radical (unpaired) electrons. The van der Waals surface area contributed by atoms with Crippen LogP contribution in [0.3, 0.4) is 0 Å². The van der Waals surface area contributed by atoms with Gasteiger partial charge in [0.25, 0.3) is 0 Å². The fourth-order valence-electron chi connectivity index (χ4n) is 3.30. The van der Waals surface area contributed by atoms with Gasteiger partial charge in [-0.3, -0.25) is 13.9 Å². The highest BCUT2D eigenvalue weighted by molar-refractivity contribution is 7.59. The number of aromatic nitrogens is 4. The van der Waals surface area contributed by atoms with Crippen molar-refractivity contribution in [3.05, 3.63) is 54.9 Å². The number of rotatable bonds is 10. The zero-order valence-corrected chi connectivity index (χ0v) is 22.8. The highest BCUT2D eigenvalue weighted by atomic mass is 32.1. The number of ether oxygens (including phenoxy) is 3. The summed E-state index contributed by atoms with van der Waals surface area (Å²) in [5.74, 6) is -0.847. The third kappa shape index (κ3) is 7.21. The van der Waals surface area contributed by atoms with Crippen LogP contribution in [0, 0.1) is 0 Å². The van der Waals surface area contributed by atoms with Crippen LogP contribution in [-0.2, 0) is 23.6 Å². The number of fused-ring (bicyclic) bond motifs is 1. The van der Waals surface area contributed by atoms with Gasteiger partial charge >= 0.3 is 13.5 Å². The third-order valence-corrected chi connectivity index (χ3v) is 6.64. The number of anilines is 1. The van der Waals surface area contributed by atoms with Crippen LogP contribution in [0.2, 0.25) is 0 Å². The van der Waals surface area contributed by atoms with E-state index in [1.165, 1.54) is 24.1 Å². The maximum atomic E-state index is 14.8. The number of benzene rings is 1. The molecule has 4 atom stereocenters. The molecule has 0 saturated heterocycles. The SMILES string of the molecule is CCOC(=O)[C@H](C)N[P@](=O)(CO[C@@H]1C=C(F)[C@H](n2cnc3c(N)ncnc32)O1)Oc1ccccc1.S.S. The normalized spacial score (nSPS) is 19.2. The minimum Gasteiger partial charge on any atom is -0.465 e. The molecule has 0 fully saturated rings. The van der Waals surface area contributed by atoms with Crippen molar-refractivity contribution in [3.8, 4) is 5.75 Å². The molecule has 0 aliphatic carbocycles. The Hall–Kier alpha value is -2.68. The number of hydrogen-bond donors (Lipinski definition) is 2. The van der Waals surface area contributed by atoms with Gasteiger partial charge in [0.2, 0.25) is 0 Å². The zero-order valence-electron chi connectivity index (χ0n) is 19.9. The molecule has 1 aromatic carbocycles. The van der Waals surface area contributed by atoms with Gasteiger partial charge in [-0.25, -0.2) is 24.4 Å². The predicted molar refractivity (Wildman–Crippen MR) is 143 cm³/mol. The first-order chi connectivity index (χ1) is 16.8. The molecule has 0 bridgehead atoms. The largest absolute Gasteiger partial charge is 0.465 e. The van der Waals surface area contributed by atoms with Crippen molar-refractivity contribution >= 4 is 57.5 Å². The maximum absolute atomic E-state index is 14.8. The second-order valence-electron chi connectivity index (χ2n) is 7.47. The first-order valence-corrected chi connectivity index (χ1v) is 12.5. The summed E-state index contributed by atoms with van der Waals surface area (Å²) in [6.07, 6.45) is 0.676. The lowest BCUT2D eigenvalue weighted by Crippen LogP contribution is -2.36. The van der Waals surface area contributed by atoms with Crippen LogP contribution in [-0.4, -0.2) is 50.8 Å². The van der Waals surface area contributed by atoms with E-state index in [-0.39, 0.29) is 50.8 Å². The summed E-state index contributed by atoms with van der Waals surface area (Å²) in [6.45, 7) is 3.30. The van der Waals surface area contributed by atoms with Gasteiger partial charge < -0.3 is 24.5 Å². The molecule has 3 aromatic rings. The second kappa shape index (κ2) is 13.2. The Bertz CT molecular complexity index is 1280. The molecular weight excluding hydrogens is 546 g/mol. The van der Waals surface area contributed by atoms with E-state index in [1.807, 2.05) is 0 Å². The number of hydrogen-bond acceptors (Lipinski definition) is 10. The van der Waals surface area contributed by atoms with Crippen LogP contribution in [0.4, 0.5) is 10.2 Å². The minimum absolute atomic E-state index is 0. The summed E-state index contributed by atoms with van der Waals surface area (Å²) < 4.78 is 51.5. The second-order valence-corrected chi connectivity index (χ2v) is 9.51. The van der Waals surface area contributed by atoms with Crippen molar-refractivity contribution in [2.24, 2.45) is 0 Å². The predicted octanol–water partition coefficient (Wildman–Crippen LogP) is 3.13. The average Bonchev–Trinajstić information content (AvgIpc) is 3.42. The van der Waals surface area contributed by atoms with E-state index < -0.39 is 44.2 Å². The molecule has 4 rings (SSSR count). The van der Waals surface area contributed by atoms with E-state index >= 15 is 0 Å². The summed E-state index contributed by atoms with van der Waals surface area (Å²) in [7, 11) is -3.83. The topological polar surface area (TPSA) is 153 Å². The first-order valence-electron chi connectivity index (χ1n) is 10.6. The number of nitrogens with two attached hydrogens (primary N) is 1. The van der Waals surface area contributed by atoms with Crippen molar-refractivity contribution in [3.63, 3.8) is 0 Å². The number of halogens is 1. The van der Waals surface area contributed by atoms with Gasteiger partial charge in [0.15, 0.2) is 36.2 Å². The summed E-state index contributed by atoms with van der Waals surface area (Å²) in [5.41, 5.74) is 6.35. The molecule has 1 aliphatic rings. The lowest BCUT2D eigenvalue weighted by atomic mass is 10.3. The molecule has 3 N–H and O–H groups in total. The molecule has 0 saturated carbocycles. The molecule has 1 aliphatic heterocycles. The number of esters is 1. The average molecular weight is 575 g/mol. The highest BCUT2D eigenvalue weighted by Crippen LogP contribution is 2.45. The summed E-state index contributed by atoms with van der Waals surface area (Å²) in [4.78, 5) is 24.1. The Morgan fingerprint density at radius 3 is 2.70 bits per heavy atom. The molecule has 16 heteroatoms. The quantitative estimate of drug-likeness (QED) is 0.271. The number of para-hydroxylation sites is 1. The van der Waals surface area contributed by atoms with E-state index in [1.54, 1.807) is 37.3 Å². The van der Waals surface area contributed by atoms with Crippen LogP contribution in [0.5, 0.6) is 5.75 Å². The fraction of sp³-hybridized carbons (Fsp3) is 0.333. The molecule has 12 nitrogen and oxygen atoms in total. The van der Waals surface area contributed by atoms with Gasteiger partial charge in [0.05, 0.1) is 12.9 Å².